The molecule has 0 amide bonds. The second-order valence-corrected chi connectivity index (χ2v) is 10.1. The fourth-order valence-electron chi connectivity index (χ4n) is 4.80. The van der Waals surface area contributed by atoms with Crippen LogP contribution >= 0.6 is 0 Å². The molecule has 2 aliphatic rings. The lowest BCUT2D eigenvalue weighted by Gasteiger charge is -2.39. The van der Waals surface area contributed by atoms with E-state index in [0.29, 0.717) is 0 Å². The van der Waals surface area contributed by atoms with E-state index < -0.39 is 86.1 Å². The molecular weight excluding hydrogens is 580 g/mol. The van der Waals surface area contributed by atoms with Crippen molar-refractivity contribution in [2.24, 2.45) is 0 Å². The molecule has 10 atom stereocenters. The van der Waals surface area contributed by atoms with Crippen molar-refractivity contribution in [3.05, 3.63) is 36.4 Å². The molecule has 2 fully saturated rings. The number of aromatic hydroxyl groups is 3. The van der Waals surface area contributed by atoms with Crippen molar-refractivity contribution in [1.82, 2.24) is 0 Å². The van der Waals surface area contributed by atoms with Crippen LogP contribution < -0.4 is 9.47 Å². The van der Waals surface area contributed by atoms with Gasteiger partial charge in [0.1, 0.15) is 65.7 Å². The third-order valence-electron chi connectivity index (χ3n) is 7.22. The maximum absolute atomic E-state index is 10.5. The minimum absolute atomic E-state index is 0.0395. The van der Waals surface area contributed by atoms with Crippen LogP contribution in [0.1, 0.15) is 0 Å². The van der Waals surface area contributed by atoms with Gasteiger partial charge in [0.15, 0.2) is 11.5 Å². The predicted molar refractivity (Wildman–Crippen MR) is 140 cm³/mol. The molecule has 16 heteroatoms. The van der Waals surface area contributed by atoms with E-state index in [9.17, 15) is 56.2 Å². The van der Waals surface area contributed by atoms with Gasteiger partial charge in [-0.2, -0.15) is 0 Å². The predicted octanol–water partition coefficient (Wildman–Crippen LogP) is -2.14. The number of hydrogen-bond acceptors (Lipinski definition) is 15. The number of aliphatic hydroxyl groups is 8. The molecule has 3 heterocycles. The summed E-state index contributed by atoms with van der Waals surface area (Å²) in [5.74, 6) is -1.93. The maximum atomic E-state index is 10.5. The average Bonchev–Trinajstić information content (AvgIpc) is 2.98. The lowest BCUT2D eigenvalue weighted by atomic mass is 9.99. The third kappa shape index (κ3) is 5.85. The lowest BCUT2D eigenvalue weighted by molar-refractivity contribution is -0.277. The molecule has 16 nitrogen and oxygen atoms in total. The van der Waals surface area contributed by atoms with Crippen molar-refractivity contribution in [3.8, 4) is 40.1 Å². The summed E-state index contributed by atoms with van der Waals surface area (Å²) in [6.07, 6.45) is -16.3. The van der Waals surface area contributed by atoms with Crippen molar-refractivity contribution < 1.29 is 79.5 Å². The molecule has 11 N–H and O–H groups in total. The number of benzene rings is 2. The molecule has 5 unspecified atom stereocenters. The topological polar surface area (TPSA) is 271 Å². The summed E-state index contributed by atoms with van der Waals surface area (Å²) in [5, 5.41) is 111. The standard InChI is InChI=1S/C27H30O16/c28-7-17-19(33)21(35)23(37)26(42-17)40-15-3-9(1-2-12(15)31)25-16(6-11-13(32)4-10(30)5-14(11)39-25)41-27-24(38)22(36)20(34)18(8-29)43-27/h1-6,17-24,26-29,33-38H,7-8H2,(H2-,30,31,32)/p+1/t17?,18?,19-,20-,21+,22?,23?,24?,26-,27-/m1/s1. The number of fused-ring (bicyclic) bond motifs is 1. The summed E-state index contributed by atoms with van der Waals surface area (Å²) >= 11 is 0. The number of ether oxygens (including phenoxy) is 4. The van der Waals surface area contributed by atoms with Gasteiger partial charge in [0, 0.05) is 18.2 Å². The maximum Gasteiger partial charge on any atom is 0.402 e. The van der Waals surface area contributed by atoms with Gasteiger partial charge in [-0.05, 0) is 12.1 Å². The smallest absolute Gasteiger partial charge is 0.402 e. The Bertz CT molecular complexity index is 1450. The molecule has 0 bridgehead atoms. The van der Waals surface area contributed by atoms with Gasteiger partial charge in [0.25, 0.3) is 0 Å². The highest BCUT2D eigenvalue weighted by Crippen LogP contribution is 2.43. The lowest BCUT2D eigenvalue weighted by Crippen LogP contribution is -2.60. The fourth-order valence-corrected chi connectivity index (χ4v) is 4.80. The molecule has 2 aromatic carbocycles. The number of aliphatic hydroxyl groups excluding tert-OH is 8. The number of phenols is 3. The minimum Gasteiger partial charge on any atom is -0.507 e. The van der Waals surface area contributed by atoms with E-state index in [0.717, 1.165) is 12.1 Å². The number of hydrogen-bond donors (Lipinski definition) is 11. The number of phenolic OH excluding ortho intramolecular Hbond substituents is 3. The highest BCUT2D eigenvalue weighted by atomic mass is 16.7. The first-order valence-corrected chi connectivity index (χ1v) is 13.0. The molecule has 5 rings (SSSR count). The van der Waals surface area contributed by atoms with Crippen molar-refractivity contribution in [2.75, 3.05) is 13.2 Å². The van der Waals surface area contributed by atoms with Crippen LogP contribution in [0.2, 0.25) is 0 Å². The Labute approximate surface area is 242 Å². The van der Waals surface area contributed by atoms with Gasteiger partial charge >= 0.3 is 11.3 Å². The first-order chi connectivity index (χ1) is 20.4. The third-order valence-corrected chi connectivity index (χ3v) is 7.22. The van der Waals surface area contributed by atoms with Crippen molar-refractivity contribution in [3.63, 3.8) is 0 Å². The first kappa shape index (κ1) is 30.9. The Morgan fingerprint density at radius 2 is 1.19 bits per heavy atom. The molecule has 0 spiro atoms. The van der Waals surface area contributed by atoms with Crippen molar-refractivity contribution >= 4 is 11.0 Å². The van der Waals surface area contributed by atoms with E-state index >= 15 is 0 Å². The molecule has 3 aromatic rings. The second kappa shape index (κ2) is 12.2. The van der Waals surface area contributed by atoms with E-state index in [1.54, 1.807) is 0 Å². The monoisotopic (exact) mass is 611 g/mol. The Balaban J connectivity index is 1.55. The van der Waals surface area contributed by atoms with Crippen LogP contribution in [-0.2, 0) is 9.47 Å². The van der Waals surface area contributed by atoms with Gasteiger partial charge in [0.2, 0.25) is 18.3 Å². The van der Waals surface area contributed by atoms with Gasteiger partial charge in [-0.25, -0.2) is 4.42 Å². The van der Waals surface area contributed by atoms with Gasteiger partial charge in [0.05, 0.1) is 24.8 Å². The molecule has 234 valence electrons. The van der Waals surface area contributed by atoms with Crippen LogP contribution in [0.4, 0.5) is 0 Å². The Kier molecular flexibility index (Phi) is 8.77. The SMILES string of the molecule is OCC1O[C@@H](Oc2cc3c(O)cc(O)cc3[o+]c2-c2ccc(O)c(O[C@@H]3OC(CO)[C@@H](O)[C@H](O)C3O)c2)C(O)C(O)[C@@H]1O. The van der Waals surface area contributed by atoms with Crippen LogP contribution in [0, 0.1) is 0 Å². The van der Waals surface area contributed by atoms with Crippen LogP contribution in [0.25, 0.3) is 22.3 Å². The van der Waals surface area contributed by atoms with Crippen LogP contribution in [0.15, 0.2) is 40.8 Å². The Morgan fingerprint density at radius 3 is 1.74 bits per heavy atom. The van der Waals surface area contributed by atoms with E-state index in [1.807, 2.05) is 0 Å². The van der Waals surface area contributed by atoms with Gasteiger partial charge in [-0.1, -0.05) is 0 Å². The zero-order valence-corrected chi connectivity index (χ0v) is 22.1. The summed E-state index contributed by atoms with van der Waals surface area (Å²) < 4.78 is 28.1. The van der Waals surface area contributed by atoms with E-state index in [4.69, 9.17) is 23.4 Å². The van der Waals surface area contributed by atoms with Crippen molar-refractivity contribution in [1.29, 1.82) is 0 Å². The molecule has 2 aliphatic heterocycles. The molecule has 43 heavy (non-hydrogen) atoms. The summed E-state index contributed by atoms with van der Waals surface area (Å²) in [7, 11) is 0. The normalized spacial score (nSPS) is 32.9. The highest BCUT2D eigenvalue weighted by molar-refractivity contribution is 5.88. The van der Waals surface area contributed by atoms with Crippen LogP contribution in [0.3, 0.4) is 0 Å². The molecule has 0 saturated carbocycles. The van der Waals surface area contributed by atoms with Gasteiger partial charge in [-0.15, -0.1) is 0 Å². The Hall–Kier alpha value is -3.55. The molecular formula is C27H31O16+. The number of rotatable bonds is 7. The fraction of sp³-hybridized carbons (Fsp3) is 0.444. The second-order valence-electron chi connectivity index (χ2n) is 10.1. The molecule has 1 aromatic heterocycles. The minimum atomic E-state index is -1.81. The van der Waals surface area contributed by atoms with E-state index in [-0.39, 0.29) is 39.5 Å². The summed E-state index contributed by atoms with van der Waals surface area (Å²) in [5.41, 5.74) is 0.0554. The van der Waals surface area contributed by atoms with Crippen LogP contribution in [-0.4, -0.2) is 131 Å². The summed E-state index contributed by atoms with van der Waals surface area (Å²) in [6, 6.07) is 7.17. The average molecular weight is 612 g/mol. The zero-order chi connectivity index (χ0) is 31.2. The quantitative estimate of drug-likeness (QED) is 0.127. The first-order valence-electron chi connectivity index (χ1n) is 13.0. The Morgan fingerprint density at radius 1 is 0.628 bits per heavy atom. The largest absolute Gasteiger partial charge is 0.507 e. The van der Waals surface area contributed by atoms with Crippen molar-refractivity contribution in [2.45, 2.75) is 61.4 Å². The molecule has 0 radical (unpaired) electrons. The van der Waals surface area contributed by atoms with E-state index in [1.165, 1.54) is 24.3 Å². The summed E-state index contributed by atoms with van der Waals surface area (Å²) in [4.78, 5) is 0. The molecule has 0 aliphatic carbocycles. The zero-order valence-electron chi connectivity index (χ0n) is 22.1. The molecule has 2 saturated heterocycles. The van der Waals surface area contributed by atoms with E-state index in [2.05, 4.69) is 0 Å². The summed E-state index contributed by atoms with van der Waals surface area (Å²) in [6.45, 7) is -1.44. The van der Waals surface area contributed by atoms with Gasteiger partial charge in [-0.3, -0.25) is 0 Å². The van der Waals surface area contributed by atoms with Gasteiger partial charge < -0.3 is 75.1 Å². The highest BCUT2D eigenvalue weighted by Gasteiger charge is 2.47. The van der Waals surface area contributed by atoms with Crippen LogP contribution in [0.5, 0.6) is 28.7 Å².